The molecule has 10 heteroatoms. The van der Waals surface area contributed by atoms with E-state index in [9.17, 15) is 18.7 Å². The topological polar surface area (TPSA) is 121 Å². The third-order valence-corrected chi connectivity index (χ3v) is 6.31. The highest BCUT2D eigenvalue weighted by molar-refractivity contribution is 6.00. The van der Waals surface area contributed by atoms with Crippen LogP contribution in [0.2, 0.25) is 0 Å². The normalized spacial score (nSPS) is 20.2. The predicted molar refractivity (Wildman–Crippen MR) is 131 cm³/mol. The zero-order chi connectivity index (χ0) is 25.7. The van der Waals surface area contributed by atoms with Crippen LogP contribution in [0.1, 0.15) is 40.9 Å². The lowest BCUT2D eigenvalue weighted by molar-refractivity contribution is 0.0963. The van der Waals surface area contributed by atoms with Crippen LogP contribution in [0.4, 0.5) is 14.6 Å². The van der Waals surface area contributed by atoms with Crippen molar-refractivity contribution >= 4 is 17.9 Å². The molecule has 188 valence electrons. The number of hydrogen-bond acceptors (Lipinski definition) is 7. The Balaban J connectivity index is 1.46. The van der Waals surface area contributed by atoms with Crippen LogP contribution in [0.3, 0.4) is 0 Å². The number of aryl methyl sites for hydroxylation is 1. The van der Waals surface area contributed by atoms with Gasteiger partial charge in [0.1, 0.15) is 17.8 Å². The Morgan fingerprint density at radius 1 is 1.28 bits per heavy atom. The van der Waals surface area contributed by atoms with E-state index in [-0.39, 0.29) is 31.5 Å². The van der Waals surface area contributed by atoms with Crippen LogP contribution < -0.4 is 5.32 Å². The van der Waals surface area contributed by atoms with Crippen molar-refractivity contribution in [3.05, 3.63) is 71.3 Å². The first kappa shape index (κ1) is 25.5. The summed E-state index contributed by atoms with van der Waals surface area (Å²) in [7, 11) is 0. The number of anilines is 1. The van der Waals surface area contributed by atoms with Gasteiger partial charge in [-0.1, -0.05) is 6.07 Å². The number of aliphatic imine (C=N–C) groups is 1. The summed E-state index contributed by atoms with van der Waals surface area (Å²) in [6.07, 6.45) is 1.26. The molecule has 1 saturated carbocycles. The number of nitrogens with zero attached hydrogens (tertiary/aromatic N) is 4. The molecule has 0 bridgehead atoms. The second kappa shape index (κ2) is 11.0. The van der Waals surface area contributed by atoms with Gasteiger partial charge in [-0.2, -0.15) is 0 Å². The fourth-order valence-electron chi connectivity index (χ4n) is 4.25. The van der Waals surface area contributed by atoms with E-state index in [0.29, 0.717) is 22.6 Å². The Labute approximate surface area is 207 Å². The Bertz CT molecular complexity index is 1250. The second-order valence-electron chi connectivity index (χ2n) is 9.00. The third-order valence-electron chi connectivity index (χ3n) is 6.31. The van der Waals surface area contributed by atoms with Crippen LogP contribution in [0, 0.1) is 12.7 Å². The summed E-state index contributed by atoms with van der Waals surface area (Å²) in [5, 5.41) is 29.8. The number of hydrogen-bond donors (Lipinski definition) is 3. The molecule has 1 aliphatic carbocycles. The van der Waals surface area contributed by atoms with Gasteiger partial charge in [-0.15, -0.1) is 10.2 Å². The molecule has 1 atom stereocenters. The summed E-state index contributed by atoms with van der Waals surface area (Å²) in [5.41, 5.74) is 1.99. The molecule has 1 amide bonds. The third kappa shape index (κ3) is 5.60. The van der Waals surface area contributed by atoms with Crippen molar-refractivity contribution in [3.8, 4) is 11.3 Å². The summed E-state index contributed by atoms with van der Waals surface area (Å²) in [5.74, 6) is -0.480. The average Bonchev–Trinajstić information content (AvgIpc) is 2.86. The van der Waals surface area contributed by atoms with Crippen molar-refractivity contribution in [1.29, 1.82) is 0 Å². The number of alkyl halides is 1. The van der Waals surface area contributed by atoms with Gasteiger partial charge in [0, 0.05) is 41.9 Å². The molecule has 0 radical (unpaired) electrons. The first-order valence-corrected chi connectivity index (χ1v) is 11.6. The molecule has 4 rings (SSSR count). The number of aliphatic hydroxyl groups excluding tert-OH is 2. The molecule has 1 aromatic carbocycles. The van der Waals surface area contributed by atoms with Gasteiger partial charge in [-0.05, 0) is 61.7 Å². The number of aromatic nitrogens is 3. The van der Waals surface area contributed by atoms with Gasteiger partial charge in [-0.3, -0.25) is 9.78 Å². The Morgan fingerprint density at radius 2 is 2.08 bits per heavy atom. The molecule has 0 aliphatic heterocycles. The first-order valence-electron chi connectivity index (χ1n) is 11.6. The SMILES string of the molecule is Cc1ccc(C(=O)/N=C/C[C@@H](O)CO)cc1-c1ccc(NC[C@]2(c3ncccc3F)C[C@H](F)C2)nn1. The Morgan fingerprint density at radius 3 is 2.75 bits per heavy atom. The smallest absolute Gasteiger partial charge is 0.276 e. The molecule has 2 aromatic heterocycles. The zero-order valence-corrected chi connectivity index (χ0v) is 19.7. The molecule has 2 heterocycles. The predicted octanol–water partition coefficient (Wildman–Crippen LogP) is 3.42. The second-order valence-corrected chi connectivity index (χ2v) is 9.00. The molecule has 0 spiro atoms. The number of halogens is 2. The lowest BCUT2D eigenvalue weighted by Gasteiger charge is -2.44. The number of rotatable bonds is 9. The van der Waals surface area contributed by atoms with Gasteiger partial charge in [0.2, 0.25) is 0 Å². The largest absolute Gasteiger partial charge is 0.394 e. The summed E-state index contributed by atoms with van der Waals surface area (Å²) in [6, 6.07) is 11.4. The molecular formula is C26H27F2N5O3. The monoisotopic (exact) mass is 495 g/mol. The van der Waals surface area contributed by atoms with Crippen molar-refractivity contribution in [2.24, 2.45) is 4.99 Å². The number of pyridine rings is 1. The van der Waals surface area contributed by atoms with Crippen molar-refractivity contribution < 1.29 is 23.8 Å². The van der Waals surface area contributed by atoms with E-state index < -0.39 is 36.0 Å². The fraction of sp³-hybridized carbons (Fsp3) is 0.346. The average molecular weight is 496 g/mol. The van der Waals surface area contributed by atoms with E-state index in [1.807, 2.05) is 6.92 Å². The standard InChI is InChI=1S/C26H27F2N5O3/c1-16-4-5-17(25(36)30-10-8-19(35)14-34)11-20(16)22-6-7-23(33-32-22)31-15-26(12-18(27)13-26)24-21(28)3-2-9-29-24/h2-7,9-11,18-19,34-35H,8,12-15H2,1H3,(H,31,33)/b30-10+/t18-,19-,26-/m1/s1. The van der Waals surface area contributed by atoms with Gasteiger partial charge in [0.05, 0.1) is 24.1 Å². The molecule has 36 heavy (non-hydrogen) atoms. The summed E-state index contributed by atoms with van der Waals surface area (Å²) in [4.78, 5) is 20.4. The molecule has 3 N–H and O–H groups in total. The number of carbonyl (C=O) groups is 1. The van der Waals surface area contributed by atoms with Crippen molar-refractivity contribution in [2.45, 2.75) is 43.9 Å². The highest BCUT2D eigenvalue weighted by Gasteiger charge is 2.48. The molecule has 0 unspecified atom stereocenters. The highest BCUT2D eigenvalue weighted by Crippen LogP contribution is 2.45. The van der Waals surface area contributed by atoms with Crippen LogP contribution in [-0.2, 0) is 5.41 Å². The van der Waals surface area contributed by atoms with E-state index in [1.165, 1.54) is 24.5 Å². The number of carbonyl (C=O) groups excluding carboxylic acids is 1. The minimum Gasteiger partial charge on any atom is -0.394 e. The quantitative estimate of drug-likeness (QED) is 0.389. The molecule has 8 nitrogen and oxygen atoms in total. The minimum atomic E-state index is -0.997. The maximum Gasteiger partial charge on any atom is 0.276 e. The van der Waals surface area contributed by atoms with Crippen molar-refractivity contribution in [2.75, 3.05) is 18.5 Å². The summed E-state index contributed by atoms with van der Waals surface area (Å²) < 4.78 is 28.1. The number of amides is 1. The van der Waals surface area contributed by atoms with E-state index in [4.69, 9.17) is 5.11 Å². The van der Waals surface area contributed by atoms with E-state index in [1.54, 1.807) is 30.3 Å². The van der Waals surface area contributed by atoms with Gasteiger partial charge >= 0.3 is 0 Å². The van der Waals surface area contributed by atoms with Crippen molar-refractivity contribution in [3.63, 3.8) is 0 Å². The van der Waals surface area contributed by atoms with Crippen LogP contribution >= 0.6 is 0 Å². The lowest BCUT2D eigenvalue weighted by Crippen LogP contribution is -2.49. The molecule has 1 fully saturated rings. The van der Waals surface area contributed by atoms with Crippen LogP contribution in [0.5, 0.6) is 0 Å². The Hall–Kier alpha value is -3.63. The van der Waals surface area contributed by atoms with Gasteiger partial charge in [0.15, 0.2) is 0 Å². The van der Waals surface area contributed by atoms with E-state index in [0.717, 1.165) is 5.56 Å². The minimum absolute atomic E-state index is 0.0706. The van der Waals surface area contributed by atoms with Crippen LogP contribution in [0.25, 0.3) is 11.3 Å². The van der Waals surface area contributed by atoms with Crippen molar-refractivity contribution in [1.82, 2.24) is 15.2 Å². The summed E-state index contributed by atoms with van der Waals surface area (Å²) in [6.45, 7) is 1.74. The van der Waals surface area contributed by atoms with Gasteiger partial charge in [0.25, 0.3) is 5.91 Å². The molecule has 1 aliphatic rings. The van der Waals surface area contributed by atoms with E-state index in [2.05, 4.69) is 25.5 Å². The molecule has 3 aromatic rings. The first-order chi connectivity index (χ1) is 17.3. The fourth-order valence-corrected chi connectivity index (χ4v) is 4.25. The molecule has 0 saturated heterocycles. The molecular weight excluding hydrogens is 468 g/mol. The number of benzene rings is 1. The highest BCUT2D eigenvalue weighted by atomic mass is 19.1. The van der Waals surface area contributed by atoms with Gasteiger partial charge < -0.3 is 15.5 Å². The summed E-state index contributed by atoms with van der Waals surface area (Å²) >= 11 is 0. The van der Waals surface area contributed by atoms with Crippen LogP contribution in [0.15, 0.2) is 53.7 Å². The lowest BCUT2D eigenvalue weighted by atomic mass is 9.65. The maximum atomic E-state index is 14.4. The maximum absolute atomic E-state index is 14.4. The Kier molecular flexibility index (Phi) is 7.76. The van der Waals surface area contributed by atoms with Crippen LogP contribution in [-0.4, -0.2) is 62.9 Å². The number of aliphatic hydroxyl groups is 2. The van der Waals surface area contributed by atoms with E-state index >= 15 is 0 Å². The zero-order valence-electron chi connectivity index (χ0n) is 19.7. The number of nitrogens with one attached hydrogen (secondary N) is 1. The van der Waals surface area contributed by atoms with Gasteiger partial charge in [-0.25, -0.2) is 13.8 Å².